The molecule has 0 aromatic heterocycles. The van der Waals surface area contributed by atoms with Gasteiger partial charge in [-0.1, -0.05) is 48.5 Å². The molecule has 158 valence electrons. The maximum atomic E-state index is 13.1. The van der Waals surface area contributed by atoms with Crippen molar-refractivity contribution in [1.29, 1.82) is 0 Å². The Hall–Kier alpha value is -3.60. The van der Waals surface area contributed by atoms with E-state index in [9.17, 15) is 14.7 Å². The zero-order valence-electron chi connectivity index (χ0n) is 17.8. The van der Waals surface area contributed by atoms with Crippen LogP contribution in [0.25, 0.3) is 11.1 Å². The summed E-state index contributed by atoms with van der Waals surface area (Å²) in [5.74, 6) is -1.01. The summed E-state index contributed by atoms with van der Waals surface area (Å²) in [7, 11) is 0. The molecule has 1 aliphatic carbocycles. The zero-order chi connectivity index (χ0) is 22.1. The van der Waals surface area contributed by atoms with Gasteiger partial charge in [0.2, 0.25) is 0 Å². The van der Waals surface area contributed by atoms with Crippen molar-refractivity contribution in [1.82, 2.24) is 0 Å². The van der Waals surface area contributed by atoms with Crippen LogP contribution in [0.15, 0.2) is 66.7 Å². The van der Waals surface area contributed by atoms with Crippen molar-refractivity contribution < 1.29 is 19.4 Å². The van der Waals surface area contributed by atoms with Crippen LogP contribution in [0, 0.1) is 6.92 Å². The highest BCUT2D eigenvalue weighted by Crippen LogP contribution is 2.44. The van der Waals surface area contributed by atoms with Crippen LogP contribution < -0.4 is 4.90 Å². The van der Waals surface area contributed by atoms with Gasteiger partial charge in [-0.2, -0.15) is 0 Å². The number of aryl methyl sites for hydroxylation is 1. The van der Waals surface area contributed by atoms with E-state index in [0.717, 1.165) is 11.1 Å². The predicted molar refractivity (Wildman–Crippen MR) is 121 cm³/mol. The second-order valence-electron chi connectivity index (χ2n) is 8.07. The van der Waals surface area contributed by atoms with Crippen LogP contribution >= 0.6 is 0 Å². The molecule has 1 aliphatic rings. The molecule has 0 aliphatic heterocycles. The second kappa shape index (κ2) is 8.26. The van der Waals surface area contributed by atoms with E-state index in [-0.39, 0.29) is 24.1 Å². The molecule has 0 saturated heterocycles. The molecule has 0 spiro atoms. The average molecular weight is 415 g/mol. The Bertz CT molecular complexity index is 1110. The lowest BCUT2D eigenvalue weighted by Crippen LogP contribution is -2.38. The van der Waals surface area contributed by atoms with E-state index in [1.807, 2.05) is 38.1 Å². The minimum absolute atomic E-state index is 0.0131. The number of rotatable bonds is 5. The summed E-state index contributed by atoms with van der Waals surface area (Å²) in [5, 5.41) is 9.22. The Kier molecular flexibility index (Phi) is 5.51. The van der Waals surface area contributed by atoms with Crippen LogP contribution in [0.2, 0.25) is 0 Å². The minimum atomic E-state index is -0.994. The molecule has 0 unspecified atom stereocenters. The zero-order valence-corrected chi connectivity index (χ0v) is 17.8. The fraction of sp³-hybridized carbons (Fsp3) is 0.231. The summed E-state index contributed by atoms with van der Waals surface area (Å²) in [6.07, 6.45) is -0.442. The number of hydrogen-bond acceptors (Lipinski definition) is 3. The van der Waals surface area contributed by atoms with Gasteiger partial charge in [-0.15, -0.1) is 0 Å². The number of amides is 1. The minimum Gasteiger partial charge on any atom is -0.478 e. The maximum Gasteiger partial charge on any atom is 0.414 e. The Morgan fingerprint density at radius 2 is 1.55 bits per heavy atom. The number of ether oxygens (including phenoxy) is 1. The molecule has 0 heterocycles. The van der Waals surface area contributed by atoms with Crippen LogP contribution in [0.3, 0.4) is 0 Å². The smallest absolute Gasteiger partial charge is 0.414 e. The number of fused-ring (bicyclic) bond motifs is 3. The average Bonchev–Trinajstić information content (AvgIpc) is 3.07. The summed E-state index contributed by atoms with van der Waals surface area (Å²) >= 11 is 0. The van der Waals surface area contributed by atoms with E-state index in [2.05, 4.69) is 24.3 Å². The lowest BCUT2D eigenvalue weighted by Gasteiger charge is -2.28. The van der Waals surface area contributed by atoms with Gasteiger partial charge in [0.05, 0.1) is 11.3 Å². The summed E-state index contributed by atoms with van der Waals surface area (Å²) in [5.41, 5.74) is 6.24. The maximum absolute atomic E-state index is 13.1. The normalized spacial score (nSPS) is 12.4. The van der Waals surface area contributed by atoms with E-state index >= 15 is 0 Å². The summed E-state index contributed by atoms with van der Waals surface area (Å²) in [6, 6.07) is 21.0. The molecule has 5 nitrogen and oxygen atoms in total. The third kappa shape index (κ3) is 3.79. The van der Waals surface area contributed by atoms with Crippen molar-refractivity contribution in [2.45, 2.75) is 32.7 Å². The summed E-state index contributed by atoms with van der Waals surface area (Å²) in [6.45, 7) is 5.86. The van der Waals surface area contributed by atoms with Crippen molar-refractivity contribution in [3.63, 3.8) is 0 Å². The molecular formula is C26H25NO4. The number of carbonyl (C=O) groups is 2. The molecule has 3 aromatic carbocycles. The molecule has 5 heteroatoms. The van der Waals surface area contributed by atoms with E-state index in [1.54, 1.807) is 24.0 Å². The molecule has 31 heavy (non-hydrogen) atoms. The Balaban J connectivity index is 1.58. The topological polar surface area (TPSA) is 66.8 Å². The van der Waals surface area contributed by atoms with Crippen LogP contribution in [0.1, 0.15) is 46.8 Å². The molecule has 1 N–H and O–H groups in total. The third-order valence-electron chi connectivity index (χ3n) is 5.75. The fourth-order valence-corrected chi connectivity index (χ4v) is 4.31. The SMILES string of the molecule is Cc1cc(C(=O)O)ccc1N(C(=O)OCC1c2ccccc2-c2ccccc21)C(C)C. The van der Waals surface area contributed by atoms with E-state index in [4.69, 9.17) is 4.74 Å². The molecule has 0 bridgehead atoms. The number of anilines is 1. The van der Waals surface area contributed by atoms with Crippen LogP contribution in [-0.4, -0.2) is 29.8 Å². The van der Waals surface area contributed by atoms with Gasteiger partial charge in [0, 0.05) is 12.0 Å². The highest BCUT2D eigenvalue weighted by Gasteiger charge is 2.30. The lowest BCUT2D eigenvalue weighted by atomic mass is 9.98. The lowest BCUT2D eigenvalue weighted by molar-refractivity contribution is 0.0696. The number of carbonyl (C=O) groups excluding carboxylic acids is 1. The van der Waals surface area contributed by atoms with Gasteiger partial charge < -0.3 is 9.84 Å². The molecule has 4 rings (SSSR count). The molecule has 0 atom stereocenters. The van der Waals surface area contributed by atoms with Gasteiger partial charge in [-0.3, -0.25) is 4.90 Å². The van der Waals surface area contributed by atoms with Crippen molar-refractivity contribution >= 4 is 17.7 Å². The highest BCUT2D eigenvalue weighted by molar-refractivity contribution is 5.92. The molecule has 1 amide bonds. The van der Waals surface area contributed by atoms with E-state index in [0.29, 0.717) is 11.3 Å². The number of carboxylic acids is 1. The molecule has 0 fully saturated rings. The van der Waals surface area contributed by atoms with Crippen molar-refractivity contribution in [3.05, 3.63) is 89.0 Å². The first-order valence-electron chi connectivity index (χ1n) is 10.4. The predicted octanol–water partition coefficient (Wildman–Crippen LogP) is 5.86. The molecule has 0 saturated carbocycles. The summed E-state index contributed by atoms with van der Waals surface area (Å²) in [4.78, 5) is 25.9. The molecule has 3 aromatic rings. The number of benzene rings is 3. The van der Waals surface area contributed by atoms with Gasteiger partial charge in [0.25, 0.3) is 0 Å². The number of hydrogen-bond donors (Lipinski definition) is 1. The number of nitrogens with zero attached hydrogens (tertiary/aromatic N) is 1. The van der Waals surface area contributed by atoms with E-state index < -0.39 is 12.1 Å². The van der Waals surface area contributed by atoms with Gasteiger partial charge in [-0.25, -0.2) is 9.59 Å². The third-order valence-corrected chi connectivity index (χ3v) is 5.75. The van der Waals surface area contributed by atoms with Crippen LogP contribution in [0.5, 0.6) is 0 Å². The standard InChI is InChI=1S/C26H25NO4/c1-16(2)27(24-13-12-18(25(28)29)14-17(24)3)26(30)31-15-23-21-10-6-4-8-19(21)20-9-5-7-11-22(20)23/h4-14,16,23H,15H2,1-3H3,(H,28,29). The van der Waals surface area contributed by atoms with Gasteiger partial charge in [0.1, 0.15) is 6.61 Å². The first kappa shape index (κ1) is 20.7. The first-order valence-corrected chi connectivity index (χ1v) is 10.4. The van der Waals surface area contributed by atoms with E-state index in [1.165, 1.54) is 17.2 Å². The van der Waals surface area contributed by atoms with Crippen molar-refractivity contribution in [2.24, 2.45) is 0 Å². The number of carboxylic acid groups (broad SMARTS) is 1. The molecule has 0 radical (unpaired) electrons. The van der Waals surface area contributed by atoms with Gasteiger partial charge >= 0.3 is 12.1 Å². The second-order valence-corrected chi connectivity index (χ2v) is 8.07. The summed E-state index contributed by atoms with van der Waals surface area (Å²) < 4.78 is 5.82. The largest absolute Gasteiger partial charge is 0.478 e. The Labute approximate surface area is 181 Å². The first-order chi connectivity index (χ1) is 14.9. The highest BCUT2D eigenvalue weighted by atomic mass is 16.6. The van der Waals surface area contributed by atoms with Gasteiger partial charge in [-0.05, 0) is 66.8 Å². The van der Waals surface area contributed by atoms with Gasteiger partial charge in [0.15, 0.2) is 0 Å². The Morgan fingerprint density at radius 1 is 0.968 bits per heavy atom. The molecular weight excluding hydrogens is 390 g/mol. The van der Waals surface area contributed by atoms with Crippen molar-refractivity contribution in [3.8, 4) is 11.1 Å². The quantitative estimate of drug-likeness (QED) is 0.567. The fourth-order valence-electron chi connectivity index (χ4n) is 4.31. The monoisotopic (exact) mass is 415 g/mol. The number of aromatic carboxylic acids is 1. The van der Waals surface area contributed by atoms with Crippen LogP contribution in [-0.2, 0) is 4.74 Å². The Morgan fingerprint density at radius 3 is 2.06 bits per heavy atom. The van der Waals surface area contributed by atoms with Crippen molar-refractivity contribution in [2.75, 3.05) is 11.5 Å². The van der Waals surface area contributed by atoms with Crippen LogP contribution in [0.4, 0.5) is 10.5 Å².